The molecule has 7 nitrogen and oxygen atoms in total. The van der Waals surface area contributed by atoms with Crippen LogP contribution in [0.2, 0.25) is 0 Å². The van der Waals surface area contributed by atoms with Gasteiger partial charge < -0.3 is 10.3 Å². The number of nitrogens with zero attached hydrogens (tertiary/aromatic N) is 4. The summed E-state index contributed by atoms with van der Waals surface area (Å²) in [5.74, 6) is 0.397. The SMILES string of the molecule is CC(C)NC(=O)c1cnc2ncc(-c3nn(C)c4c3CCC4)[nH]c1-2. The number of aryl methyl sites for hydroxylation is 1. The van der Waals surface area contributed by atoms with Gasteiger partial charge in [0.15, 0.2) is 5.82 Å². The third-order valence-corrected chi connectivity index (χ3v) is 4.42. The molecule has 7 heteroatoms. The molecule has 0 saturated heterocycles. The molecule has 2 N–H and O–H groups in total. The monoisotopic (exact) mass is 324 g/mol. The average Bonchev–Trinajstić information content (AvgIpc) is 3.22. The maximum atomic E-state index is 12.4. The van der Waals surface area contributed by atoms with Gasteiger partial charge >= 0.3 is 0 Å². The van der Waals surface area contributed by atoms with E-state index in [0.29, 0.717) is 17.1 Å². The number of fused-ring (bicyclic) bond motifs is 2. The first kappa shape index (κ1) is 14.9. The number of aromatic nitrogens is 5. The first-order valence-electron chi connectivity index (χ1n) is 8.24. The molecule has 124 valence electrons. The van der Waals surface area contributed by atoms with Gasteiger partial charge in [0.05, 0.1) is 23.1 Å². The standard InChI is InChI=1S/C17H20N6O/c1-9(2)20-17(24)11-7-18-16-15(11)21-12(8-19-16)14-10-5-4-6-13(10)23(3)22-14/h7-9,21H,4-6H2,1-3H3,(H,20,24). The summed E-state index contributed by atoms with van der Waals surface area (Å²) < 4.78 is 1.95. The highest BCUT2D eigenvalue weighted by molar-refractivity contribution is 6.00. The number of nitrogens with one attached hydrogen (secondary N) is 2. The lowest BCUT2D eigenvalue weighted by molar-refractivity contribution is 0.0943. The van der Waals surface area contributed by atoms with Crippen LogP contribution in [0, 0.1) is 0 Å². The number of rotatable bonds is 3. The molecule has 0 spiro atoms. The predicted molar refractivity (Wildman–Crippen MR) is 89.8 cm³/mol. The van der Waals surface area contributed by atoms with Crippen LogP contribution < -0.4 is 5.32 Å². The second kappa shape index (κ2) is 5.43. The summed E-state index contributed by atoms with van der Waals surface area (Å²) in [6, 6.07) is 0.0673. The molecule has 3 heterocycles. The van der Waals surface area contributed by atoms with Crippen LogP contribution in [-0.2, 0) is 19.9 Å². The van der Waals surface area contributed by atoms with Crippen molar-refractivity contribution in [2.24, 2.45) is 7.05 Å². The minimum Gasteiger partial charge on any atom is -0.350 e. The molecule has 4 rings (SSSR count). The Hall–Kier alpha value is -2.70. The third kappa shape index (κ3) is 2.28. The van der Waals surface area contributed by atoms with E-state index in [4.69, 9.17) is 0 Å². The Morgan fingerprint density at radius 1 is 1.29 bits per heavy atom. The number of carbonyl (C=O) groups excluding carboxylic acids is 1. The molecule has 1 amide bonds. The molecule has 0 radical (unpaired) electrons. The number of carbonyl (C=O) groups is 1. The third-order valence-electron chi connectivity index (χ3n) is 4.42. The van der Waals surface area contributed by atoms with Crippen LogP contribution >= 0.6 is 0 Å². The van der Waals surface area contributed by atoms with Gasteiger partial charge in [-0.15, -0.1) is 0 Å². The van der Waals surface area contributed by atoms with Crippen molar-refractivity contribution in [2.75, 3.05) is 0 Å². The van der Waals surface area contributed by atoms with Crippen molar-refractivity contribution in [2.45, 2.75) is 39.2 Å². The molecule has 1 aromatic heterocycles. The molecule has 0 saturated carbocycles. The normalized spacial score (nSPS) is 13.7. The fourth-order valence-corrected chi connectivity index (χ4v) is 3.35. The van der Waals surface area contributed by atoms with E-state index in [9.17, 15) is 4.79 Å². The van der Waals surface area contributed by atoms with Gasteiger partial charge in [-0.3, -0.25) is 9.48 Å². The van der Waals surface area contributed by atoms with Crippen molar-refractivity contribution in [3.8, 4) is 22.9 Å². The van der Waals surface area contributed by atoms with E-state index in [0.717, 1.165) is 30.7 Å². The van der Waals surface area contributed by atoms with Crippen LogP contribution in [0.4, 0.5) is 0 Å². The predicted octanol–water partition coefficient (Wildman–Crippen LogP) is 1.94. The Morgan fingerprint density at radius 3 is 2.88 bits per heavy atom. The summed E-state index contributed by atoms with van der Waals surface area (Å²) in [4.78, 5) is 24.3. The Morgan fingerprint density at radius 2 is 2.08 bits per heavy atom. The van der Waals surface area contributed by atoms with Gasteiger partial charge in [-0.05, 0) is 33.1 Å². The van der Waals surface area contributed by atoms with E-state index in [1.54, 1.807) is 12.4 Å². The second-order valence-corrected chi connectivity index (χ2v) is 6.55. The van der Waals surface area contributed by atoms with Crippen molar-refractivity contribution in [3.05, 3.63) is 29.2 Å². The quantitative estimate of drug-likeness (QED) is 0.770. The van der Waals surface area contributed by atoms with Crippen molar-refractivity contribution in [1.82, 2.24) is 30.0 Å². The summed E-state index contributed by atoms with van der Waals surface area (Å²) in [7, 11) is 1.98. The summed E-state index contributed by atoms with van der Waals surface area (Å²) in [6.07, 6.45) is 6.57. The smallest absolute Gasteiger partial charge is 0.255 e. The number of amides is 1. The molecule has 24 heavy (non-hydrogen) atoms. The van der Waals surface area contributed by atoms with Crippen molar-refractivity contribution in [1.29, 1.82) is 0 Å². The van der Waals surface area contributed by atoms with Crippen LogP contribution in [0.3, 0.4) is 0 Å². The average molecular weight is 324 g/mol. The number of hydrogen-bond acceptors (Lipinski definition) is 4. The first-order chi connectivity index (χ1) is 11.5. The summed E-state index contributed by atoms with van der Waals surface area (Å²) in [5.41, 5.74) is 5.49. The maximum absolute atomic E-state index is 12.4. The lowest BCUT2D eigenvalue weighted by Crippen LogP contribution is -2.30. The lowest BCUT2D eigenvalue weighted by Gasteiger charge is -2.09. The maximum Gasteiger partial charge on any atom is 0.255 e. The fourth-order valence-electron chi connectivity index (χ4n) is 3.35. The number of hydrogen-bond donors (Lipinski definition) is 2. The first-order valence-corrected chi connectivity index (χ1v) is 8.24. The molecule has 1 aromatic rings. The molecular weight excluding hydrogens is 304 g/mol. The molecule has 1 aliphatic carbocycles. The van der Waals surface area contributed by atoms with Crippen LogP contribution in [-0.4, -0.2) is 36.7 Å². The van der Waals surface area contributed by atoms with Crippen LogP contribution in [0.25, 0.3) is 22.9 Å². The molecule has 3 aliphatic rings. The fraction of sp³-hybridized carbons (Fsp3) is 0.412. The van der Waals surface area contributed by atoms with Crippen LogP contribution in [0.15, 0.2) is 12.4 Å². The van der Waals surface area contributed by atoms with Gasteiger partial charge in [0.1, 0.15) is 5.69 Å². The highest BCUT2D eigenvalue weighted by atomic mass is 16.1. The number of aromatic amines is 1. The van der Waals surface area contributed by atoms with E-state index in [2.05, 4.69) is 25.4 Å². The minimum atomic E-state index is -0.144. The Balaban J connectivity index is 1.80. The zero-order chi connectivity index (χ0) is 16.8. The molecule has 0 atom stereocenters. The van der Waals surface area contributed by atoms with Crippen LogP contribution in [0.1, 0.15) is 41.9 Å². The Labute approximate surface area is 139 Å². The van der Waals surface area contributed by atoms with E-state index < -0.39 is 0 Å². The number of H-pyrrole nitrogens is 1. The van der Waals surface area contributed by atoms with Gasteiger partial charge in [-0.1, -0.05) is 0 Å². The minimum absolute atomic E-state index is 0.0673. The van der Waals surface area contributed by atoms with Gasteiger partial charge in [0.25, 0.3) is 5.91 Å². The molecule has 0 aromatic carbocycles. The van der Waals surface area contributed by atoms with Gasteiger partial charge in [-0.25, -0.2) is 9.97 Å². The van der Waals surface area contributed by atoms with Crippen molar-refractivity contribution < 1.29 is 4.79 Å². The van der Waals surface area contributed by atoms with Crippen LogP contribution in [0.5, 0.6) is 0 Å². The largest absolute Gasteiger partial charge is 0.350 e. The highest BCUT2D eigenvalue weighted by Crippen LogP contribution is 2.32. The lowest BCUT2D eigenvalue weighted by atomic mass is 10.1. The van der Waals surface area contributed by atoms with E-state index >= 15 is 0 Å². The van der Waals surface area contributed by atoms with E-state index in [-0.39, 0.29) is 11.9 Å². The van der Waals surface area contributed by atoms with Gasteiger partial charge in [0, 0.05) is 30.5 Å². The molecule has 0 fully saturated rings. The Bertz CT molecular complexity index is 891. The molecule has 2 aliphatic heterocycles. The van der Waals surface area contributed by atoms with Crippen molar-refractivity contribution in [3.63, 3.8) is 0 Å². The van der Waals surface area contributed by atoms with Gasteiger partial charge in [-0.2, -0.15) is 5.10 Å². The summed E-state index contributed by atoms with van der Waals surface area (Å²) in [6.45, 7) is 3.86. The highest BCUT2D eigenvalue weighted by Gasteiger charge is 2.25. The molecular formula is C17H20N6O. The zero-order valence-corrected chi connectivity index (χ0v) is 14.1. The Kier molecular flexibility index (Phi) is 3.37. The summed E-state index contributed by atoms with van der Waals surface area (Å²) in [5, 5.41) is 7.54. The topological polar surface area (TPSA) is 88.5 Å². The van der Waals surface area contributed by atoms with E-state index in [1.165, 1.54) is 11.3 Å². The zero-order valence-electron chi connectivity index (χ0n) is 14.1. The molecule has 0 unspecified atom stereocenters. The summed E-state index contributed by atoms with van der Waals surface area (Å²) >= 11 is 0. The second-order valence-electron chi connectivity index (χ2n) is 6.55. The van der Waals surface area contributed by atoms with Gasteiger partial charge in [0.2, 0.25) is 0 Å². The van der Waals surface area contributed by atoms with E-state index in [1.807, 2.05) is 25.6 Å². The van der Waals surface area contributed by atoms with Crippen molar-refractivity contribution >= 4 is 5.91 Å². The molecule has 0 bridgehead atoms.